The Morgan fingerprint density at radius 3 is 2.67 bits per heavy atom. The normalized spacial score (nSPS) is 23.7. The maximum atomic E-state index is 11.6. The van der Waals surface area contributed by atoms with Gasteiger partial charge in [0, 0.05) is 25.6 Å². The second kappa shape index (κ2) is 4.24. The Kier molecular flexibility index (Phi) is 2.83. The predicted molar refractivity (Wildman–Crippen MR) is 73.5 cm³/mol. The molecular weight excluding hydrogens is 248 g/mol. The second-order valence-electron chi connectivity index (χ2n) is 5.28. The van der Waals surface area contributed by atoms with Crippen molar-refractivity contribution < 1.29 is 9.90 Å². The number of nitrogens with two attached hydrogens (primary N) is 1. The van der Waals surface area contributed by atoms with Gasteiger partial charge in [0.15, 0.2) is 5.78 Å². The Bertz CT molecular complexity index is 493. The van der Waals surface area contributed by atoms with Crippen LogP contribution in [0.25, 0.3) is 0 Å². The van der Waals surface area contributed by atoms with E-state index < -0.39 is 0 Å². The molecule has 3 rings (SSSR count). The van der Waals surface area contributed by atoms with Gasteiger partial charge in [-0.1, -0.05) is 0 Å². The van der Waals surface area contributed by atoms with Crippen molar-refractivity contribution in [2.75, 3.05) is 23.7 Å². The molecule has 0 amide bonds. The van der Waals surface area contributed by atoms with Crippen molar-refractivity contribution >= 4 is 27.8 Å². The van der Waals surface area contributed by atoms with Crippen LogP contribution in [0.2, 0.25) is 0 Å². The molecule has 4 nitrogen and oxygen atoms in total. The summed E-state index contributed by atoms with van der Waals surface area (Å²) in [5.41, 5.74) is 8.00. The van der Waals surface area contributed by atoms with Crippen LogP contribution in [0.4, 0.5) is 10.7 Å². The smallest absolute Gasteiger partial charge is 0.171 e. The van der Waals surface area contributed by atoms with E-state index in [4.69, 9.17) is 5.73 Å². The minimum Gasteiger partial charge on any atom is -0.397 e. The maximum absolute atomic E-state index is 11.6. The van der Waals surface area contributed by atoms with Crippen molar-refractivity contribution in [3.63, 3.8) is 0 Å². The first kappa shape index (κ1) is 12.0. The first-order valence-electron chi connectivity index (χ1n) is 6.44. The summed E-state index contributed by atoms with van der Waals surface area (Å²) in [6.07, 6.45) is 2.89. The zero-order valence-electron chi connectivity index (χ0n) is 10.5. The van der Waals surface area contributed by atoms with Crippen molar-refractivity contribution in [1.29, 1.82) is 0 Å². The molecule has 1 aromatic heterocycles. The number of hydrogen-bond acceptors (Lipinski definition) is 5. The number of thiophene rings is 1. The van der Waals surface area contributed by atoms with Crippen LogP contribution in [0, 0.1) is 0 Å². The minimum atomic E-state index is -0.249. The lowest BCUT2D eigenvalue weighted by atomic mass is 10.1. The Labute approximate surface area is 110 Å². The lowest BCUT2D eigenvalue weighted by molar-refractivity contribution is 0.102. The third-order valence-electron chi connectivity index (χ3n) is 3.72. The van der Waals surface area contributed by atoms with Crippen LogP contribution in [0.5, 0.6) is 0 Å². The summed E-state index contributed by atoms with van der Waals surface area (Å²) in [4.78, 5) is 14.5. The standard InChI is InChI=1S/C13H18N2O2S/c1-7(16)12-11(14)10(8-2-3-8)13(18-12)15-5-4-9(17)6-15/h8-9,17H,2-6,14H2,1H3. The van der Waals surface area contributed by atoms with Crippen LogP contribution in [0.1, 0.15) is 47.3 Å². The number of hydrogen-bond donors (Lipinski definition) is 2. The number of ketones is 1. The van der Waals surface area contributed by atoms with Gasteiger partial charge < -0.3 is 15.7 Å². The average molecular weight is 266 g/mol. The number of aliphatic hydroxyl groups excluding tert-OH is 1. The number of aliphatic hydroxyl groups is 1. The van der Waals surface area contributed by atoms with Gasteiger partial charge >= 0.3 is 0 Å². The molecule has 1 aromatic rings. The largest absolute Gasteiger partial charge is 0.397 e. The van der Waals surface area contributed by atoms with E-state index >= 15 is 0 Å². The molecule has 0 aromatic carbocycles. The van der Waals surface area contributed by atoms with Gasteiger partial charge in [-0.15, -0.1) is 11.3 Å². The summed E-state index contributed by atoms with van der Waals surface area (Å²) < 4.78 is 0. The summed E-state index contributed by atoms with van der Waals surface area (Å²) in [7, 11) is 0. The van der Waals surface area contributed by atoms with Crippen molar-refractivity contribution in [3.8, 4) is 0 Å². The summed E-state index contributed by atoms with van der Waals surface area (Å²) in [6, 6.07) is 0. The van der Waals surface area contributed by atoms with Crippen LogP contribution >= 0.6 is 11.3 Å². The fourth-order valence-corrected chi connectivity index (χ4v) is 3.87. The minimum absolute atomic E-state index is 0.0467. The molecule has 18 heavy (non-hydrogen) atoms. The van der Waals surface area contributed by atoms with E-state index in [1.807, 2.05) is 0 Å². The maximum Gasteiger partial charge on any atom is 0.171 e. The molecule has 1 aliphatic carbocycles. The molecule has 2 heterocycles. The van der Waals surface area contributed by atoms with E-state index in [0.29, 0.717) is 23.0 Å². The SMILES string of the molecule is CC(=O)c1sc(N2CCC(O)C2)c(C2CC2)c1N. The van der Waals surface area contributed by atoms with E-state index in [-0.39, 0.29) is 11.9 Å². The molecule has 2 fully saturated rings. The Morgan fingerprint density at radius 2 is 2.17 bits per heavy atom. The molecule has 1 unspecified atom stereocenters. The van der Waals surface area contributed by atoms with Gasteiger partial charge in [0.1, 0.15) is 0 Å². The van der Waals surface area contributed by atoms with E-state index in [1.165, 1.54) is 29.7 Å². The van der Waals surface area contributed by atoms with Gasteiger partial charge in [-0.05, 0) is 25.2 Å². The number of nitrogen functional groups attached to an aromatic ring is 1. The van der Waals surface area contributed by atoms with Crippen molar-refractivity contribution in [2.24, 2.45) is 0 Å². The first-order chi connectivity index (χ1) is 8.58. The van der Waals surface area contributed by atoms with Gasteiger partial charge in [0.05, 0.1) is 21.7 Å². The summed E-state index contributed by atoms with van der Waals surface area (Å²) in [5, 5.41) is 10.8. The Balaban J connectivity index is 2.01. The highest BCUT2D eigenvalue weighted by molar-refractivity contribution is 7.18. The molecule has 1 aliphatic heterocycles. The molecule has 3 N–H and O–H groups in total. The van der Waals surface area contributed by atoms with Crippen LogP contribution in [-0.4, -0.2) is 30.1 Å². The number of nitrogens with zero attached hydrogens (tertiary/aromatic N) is 1. The second-order valence-corrected chi connectivity index (χ2v) is 6.28. The zero-order chi connectivity index (χ0) is 12.9. The molecule has 98 valence electrons. The summed E-state index contributed by atoms with van der Waals surface area (Å²) >= 11 is 1.50. The molecule has 2 aliphatic rings. The van der Waals surface area contributed by atoms with E-state index in [1.54, 1.807) is 6.92 Å². The zero-order valence-corrected chi connectivity index (χ0v) is 11.3. The predicted octanol–water partition coefficient (Wildman–Crippen LogP) is 1.98. The molecule has 1 atom stereocenters. The molecule has 0 bridgehead atoms. The Hall–Kier alpha value is -1.07. The summed E-state index contributed by atoms with van der Waals surface area (Å²) in [6.45, 7) is 3.09. The van der Waals surface area contributed by atoms with Crippen molar-refractivity contribution in [1.82, 2.24) is 0 Å². The average Bonchev–Trinajstić information content (AvgIpc) is 2.95. The highest BCUT2D eigenvalue weighted by Crippen LogP contribution is 2.52. The third kappa shape index (κ3) is 1.91. The number of carbonyl (C=O) groups is 1. The van der Waals surface area contributed by atoms with E-state index in [0.717, 1.165) is 18.0 Å². The highest BCUT2D eigenvalue weighted by atomic mass is 32.1. The van der Waals surface area contributed by atoms with Gasteiger partial charge in [-0.2, -0.15) is 0 Å². The van der Waals surface area contributed by atoms with Crippen molar-refractivity contribution in [2.45, 2.75) is 38.2 Å². The third-order valence-corrected chi connectivity index (χ3v) is 5.10. The van der Waals surface area contributed by atoms with Crippen LogP contribution in [0.15, 0.2) is 0 Å². The van der Waals surface area contributed by atoms with Gasteiger partial charge in [0.25, 0.3) is 0 Å². The van der Waals surface area contributed by atoms with Gasteiger partial charge in [0.2, 0.25) is 0 Å². The summed E-state index contributed by atoms with van der Waals surface area (Å²) in [5.74, 6) is 0.576. The number of carbonyl (C=O) groups excluding carboxylic acids is 1. The monoisotopic (exact) mass is 266 g/mol. The van der Waals surface area contributed by atoms with Crippen LogP contribution in [0.3, 0.4) is 0 Å². The Morgan fingerprint density at radius 1 is 1.44 bits per heavy atom. The quantitative estimate of drug-likeness (QED) is 0.821. The number of Topliss-reactive ketones (excluding diaryl/α,β-unsaturated/α-hetero) is 1. The van der Waals surface area contributed by atoms with Crippen LogP contribution in [-0.2, 0) is 0 Å². The van der Waals surface area contributed by atoms with E-state index in [2.05, 4.69) is 4.90 Å². The molecule has 0 radical (unpaired) electrons. The van der Waals surface area contributed by atoms with Gasteiger partial charge in [-0.25, -0.2) is 0 Å². The van der Waals surface area contributed by atoms with Crippen LogP contribution < -0.4 is 10.6 Å². The van der Waals surface area contributed by atoms with Gasteiger partial charge in [-0.3, -0.25) is 4.79 Å². The topological polar surface area (TPSA) is 66.6 Å². The lowest BCUT2D eigenvalue weighted by Gasteiger charge is -2.17. The first-order valence-corrected chi connectivity index (χ1v) is 7.25. The number of rotatable bonds is 3. The molecule has 0 spiro atoms. The lowest BCUT2D eigenvalue weighted by Crippen LogP contribution is -2.21. The molecule has 1 saturated carbocycles. The van der Waals surface area contributed by atoms with Crippen molar-refractivity contribution in [3.05, 3.63) is 10.4 Å². The van der Waals surface area contributed by atoms with E-state index in [9.17, 15) is 9.90 Å². The highest BCUT2D eigenvalue weighted by Gasteiger charge is 2.35. The molecule has 5 heteroatoms. The fraction of sp³-hybridized carbons (Fsp3) is 0.615. The number of anilines is 2. The molecular formula is C13H18N2O2S. The fourth-order valence-electron chi connectivity index (χ4n) is 2.63. The number of β-amino-alcohol motifs (C(OH)–C–C–N with tert-alkyl or cyclic N) is 1. The molecule has 1 saturated heterocycles.